The number of nitrogens with zero attached hydrogens (tertiary/aromatic N) is 1. The fourth-order valence-corrected chi connectivity index (χ4v) is 4.76. The Morgan fingerprint density at radius 2 is 1.78 bits per heavy atom. The number of anilines is 1. The molecule has 14 nitrogen and oxygen atoms in total. The van der Waals surface area contributed by atoms with Crippen LogP contribution < -0.4 is 27.0 Å². The first-order valence-corrected chi connectivity index (χ1v) is 15.2. The molecule has 0 radical (unpaired) electrons. The van der Waals surface area contributed by atoms with Gasteiger partial charge in [-0.3, -0.25) is 24.5 Å². The standard InChI is InChI=1S/C31H48N6O8/c1-20(2)28(36-25(39)10-6-5-7-18-37-26(40)15-16-27(37)44-4)30(42)35-24(9-8-17-33-31(32)43)29(41)34-23-13-11-22(12-14-23)19-45-21(3)38/h11-16,20,24,27-28,30,35,42H,5-10,17-19H2,1-4H3,(H,34,41)(H,36,39)(H3,32,33,43). The molecule has 1 aliphatic rings. The Labute approximate surface area is 264 Å². The molecule has 2 rings (SSSR count). The minimum atomic E-state index is -1.25. The van der Waals surface area contributed by atoms with Crippen LogP contribution in [0.2, 0.25) is 0 Å². The number of carbonyl (C=O) groups excluding carboxylic acids is 5. The summed E-state index contributed by atoms with van der Waals surface area (Å²) in [5.74, 6) is -1.31. The number of methoxy groups -OCH3 is 1. The van der Waals surface area contributed by atoms with Crippen LogP contribution in [0.25, 0.3) is 0 Å². The number of rotatable bonds is 20. The van der Waals surface area contributed by atoms with Crippen molar-refractivity contribution in [3.63, 3.8) is 0 Å². The van der Waals surface area contributed by atoms with Crippen LogP contribution >= 0.6 is 0 Å². The number of urea groups is 1. The summed E-state index contributed by atoms with van der Waals surface area (Å²) >= 11 is 0. The van der Waals surface area contributed by atoms with Gasteiger partial charge in [-0.15, -0.1) is 0 Å². The molecule has 0 fully saturated rings. The van der Waals surface area contributed by atoms with Crippen LogP contribution in [0.4, 0.5) is 10.5 Å². The molecular weight excluding hydrogens is 584 g/mol. The van der Waals surface area contributed by atoms with Crippen LogP contribution in [0.5, 0.6) is 0 Å². The van der Waals surface area contributed by atoms with E-state index in [1.807, 2.05) is 13.8 Å². The van der Waals surface area contributed by atoms with E-state index in [0.29, 0.717) is 31.5 Å². The Kier molecular flexibility index (Phi) is 16.0. The lowest BCUT2D eigenvalue weighted by Gasteiger charge is -2.31. The van der Waals surface area contributed by atoms with E-state index in [-0.39, 0.29) is 50.0 Å². The molecular formula is C31H48N6O8. The number of nitrogens with two attached hydrogens (primary N) is 1. The Hall–Kier alpha value is -4.01. The fraction of sp³-hybridized carbons (Fsp3) is 0.581. The Bertz CT molecular complexity index is 1160. The van der Waals surface area contributed by atoms with Gasteiger partial charge < -0.3 is 41.2 Å². The van der Waals surface area contributed by atoms with Gasteiger partial charge in [0, 0.05) is 45.3 Å². The minimum Gasteiger partial charge on any atom is -0.461 e. The molecule has 0 saturated carbocycles. The average molecular weight is 633 g/mol. The van der Waals surface area contributed by atoms with Crippen LogP contribution in [0.15, 0.2) is 36.4 Å². The van der Waals surface area contributed by atoms with E-state index in [1.54, 1.807) is 42.4 Å². The zero-order valence-corrected chi connectivity index (χ0v) is 26.5. The highest BCUT2D eigenvalue weighted by atomic mass is 16.5. The molecule has 1 aromatic rings. The third-order valence-corrected chi connectivity index (χ3v) is 7.24. The van der Waals surface area contributed by atoms with Crippen molar-refractivity contribution in [1.29, 1.82) is 0 Å². The van der Waals surface area contributed by atoms with Gasteiger partial charge in [-0.25, -0.2) is 4.79 Å². The molecule has 250 valence electrons. The van der Waals surface area contributed by atoms with Crippen LogP contribution in [-0.2, 0) is 35.3 Å². The van der Waals surface area contributed by atoms with Crippen LogP contribution in [0, 0.1) is 5.92 Å². The second-order valence-electron chi connectivity index (χ2n) is 11.2. The van der Waals surface area contributed by atoms with E-state index in [9.17, 15) is 29.1 Å². The lowest BCUT2D eigenvalue weighted by molar-refractivity contribution is -0.142. The number of aliphatic hydroxyl groups excluding tert-OH is 1. The monoisotopic (exact) mass is 632 g/mol. The number of benzene rings is 1. The van der Waals surface area contributed by atoms with E-state index in [1.165, 1.54) is 13.0 Å². The lowest BCUT2D eigenvalue weighted by Crippen LogP contribution is -2.57. The van der Waals surface area contributed by atoms with Crippen molar-refractivity contribution in [2.45, 2.75) is 90.4 Å². The number of ether oxygens (including phenoxy) is 2. The number of hydrogen-bond donors (Lipinski definition) is 6. The maximum Gasteiger partial charge on any atom is 0.312 e. The summed E-state index contributed by atoms with van der Waals surface area (Å²) in [6, 6.07) is 4.55. The van der Waals surface area contributed by atoms with Gasteiger partial charge in [0.2, 0.25) is 17.7 Å². The fourth-order valence-electron chi connectivity index (χ4n) is 4.76. The highest BCUT2D eigenvalue weighted by molar-refractivity contribution is 5.95. The molecule has 4 unspecified atom stereocenters. The van der Waals surface area contributed by atoms with E-state index in [4.69, 9.17) is 15.2 Å². The van der Waals surface area contributed by atoms with Gasteiger partial charge in [0.1, 0.15) is 12.8 Å². The lowest BCUT2D eigenvalue weighted by atomic mass is 10.0. The molecule has 0 aliphatic carbocycles. The number of hydrogen-bond acceptors (Lipinski definition) is 9. The van der Waals surface area contributed by atoms with Crippen molar-refractivity contribution in [2.75, 3.05) is 25.5 Å². The van der Waals surface area contributed by atoms with Crippen molar-refractivity contribution < 1.29 is 38.6 Å². The molecule has 14 heteroatoms. The van der Waals surface area contributed by atoms with Gasteiger partial charge in [-0.2, -0.15) is 0 Å². The molecule has 5 amide bonds. The van der Waals surface area contributed by atoms with Crippen LogP contribution in [-0.4, -0.2) is 84.5 Å². The highest BCUT2D eigenvalue weighted by Gasteiger charge is 2.29. The molecule has 1 aromatic carbocycles. The Morgan fingerprint density at radius 1 is 1.07 bits per heavy atom. The number of aliphatic hydroxyl groups is 1. The van der Waals surface area contributed by atoms with Crippen molar-refractivity contribution >= 4 is 35.4 Å². The second kappa shape index (κ2) is 19.4. The van der Waals surface area contributed by atoms with Crippen molar-refractivity contribution in [1.82, 2.24) is 20.9 Å². The van der Waals surface area contributed by atoms with Crippen molar-refractivity contribution in [3.05, 3.63) is 42.0 Å². The molecule has 0 aromatic heterocycles. The zero-order valence-electron chi connectivity index (χ0n) is 26.5. The molecule has 7 N–H and O–H groups in total. The van der Waals surface area contributed by atoms with Gasteiger partial charge in [0.25, 0.3) is 0 Å². The van der Waals surface area contributed by atoms with Crippen molar-refractivity contribution in [3.8, 4) is 0 Å². The molecule has 4 atom stereocenters. The molecule has 1 aliphatic heterocycles. The second-order valence-corrected chi connectivity index (χ2v) is 11.2. The summed E-state index contributed by atoms with van der Waals surface area (Å²) in [6.45, 7) is 5.91. The third kappa shape index (κ3) is 13.7. The van der Waals surface area contributed by atoms with Crippen LogP contribution in [0.1, 0.15) is 64.9 Å². The number of unbranched alkanes of at least 4 members (excludes halogenated alkanes) is 2. The maximum absolute atomic E-state index is 13.3. The first-order chi connectivity index (χ1) is 21.4. The molecule has 1 heterocycles. The quantitative estimate of drug-likeness (QED) is 0.0700. The first-order valence-electron chi connectivity index (χ1n) is 15.2. The third-order valence-electron chi connectivity index (χ3n) is 7.24. The SMILES string of the molecule is COC1C=CC(=O)N1CCCCCC(=O)NC(C(C)C)C(O)NC(CCCNC(N)=O)C(=O)Nc1ccc(COC(C)=O)cc1. The smallest absolute Gasteiger partial charge is 0.312 e. The van der Waals surface area contributed by atoms with E-state index in [0.717, 1.165) is 12.0 Å². The van der Waals surface area contributed by atoms with Gasteiger partial charge in [0.15, 0.2) is 6.23 Å². The Balaban J connectivity index is 1.93. The van der Waals surface area contributed by atoms with Gasteiger partial charge in [-0.05, 0) is 55.4 Å². The van der Waals surface area contributed by atoms with Gasteiger partial charge >= 0.3 is 12.0 Å². The number of esters is 1. The summed E-state index contributed by atoms with van der Waals surface area (Å²) in [5, 5.41) is 22.2. The summed E-state index contributed by atoms with van der Waals surface area (Å²) in [6.07, 6.45) is 4.53. The molecule has 0 saturated heterocycles. The topological polar surface area (TPSA) is 201 Å². The molecule has 0 bridgehead atoms. The predicted octanol–water partition coefficient (Wildman–Crippen LogP) is 1.49. The first kappa shape index (κ1) is 37.2. The summed E-state index contributed by atoms with van der Waals surface area (Å²) in [7, 11) is 1.55. The largest absolute Gasteiger partial charge is 0.461 e. The number of nitrogens with one attached hydrogen (secondary N) is 4. The average Bonchev–Trinajstić information content (AvgIpc) is 3.35. The summed E-state index contributed by atoms with van der Waals surface area (Å²) < 4.78 is 10.3. The van der Waals surface area contributed by atoms with Crippen LogP contribution in [0.3, 0.4) is 0 Å². The summed E-state index contributed by atoms with van der Waals surface area (Å²) in [4.78, 5) is 61.7. The normalized spacial score (nSPS) is 16.3. The number of carbonyl (C=O) groups is 5. The highest BCUT2D eigenvalue weighted by Crippen LogP contribution is 2.15. The van der Waals surface area contributed by atoms with Gasteiger partial charge in [-0.1, -0.05) is 32.4 Å². The molecule has 0 spiro atoms. The van der Waals surface area contributed by atoms with E-state index < -0.39 is 36.2 Å². The summed E-state index contributed by atoms with van der Waals surface area (Å²) in [5.41, 5.74) is 6.39. The maximum atomic E-state index is 13.3. The number of primary amides is 1. The predicted molar refractivity (Wildman–Crippen MR) is 167 cm³/mol. The Morgan fingerprint density at radius 3 is 2.40 bits per heavy atom. The molecule has 45 heavy (non-hydrogen) atoms. The van der Waals surface area contributed by atoms with Crippen molar-refractivity contribution in [2.24, 2.45) is 11.7 Å². The minimum absolute atomic E-state index is 0.0915. The van der Waals surface area contributed by atoms with E-state index in [2.05, 4.69) is 21.3 Å². The van der Waals surface area contributed by atoms with Gasteiger partial charge in [0.05, 0.1) is 12.1 Å². The van der Waals surface area contributed by atoms with E-state index >= 15 is 0 Å². The zero-order chi connectivity index (χ0) is 33.4. The number of amides is 5.